The first-order chi connectivity index (χ1) is 15.1. The fourth-order valence-corrected chi connectivity index (χ4v) is 5.04. The Hall–Kier alpha value is -3.22. The Morgan fingerprint density at radius 3 is 2.56 bits per heavy atom. The van der Waals surface area contributed by atoms with Crippen molar-refractivity contribution < 1.29 is 22.6 Å². The molecule has 3 aromatic carbocycles. The lowest BCUT2D eigenvalue weighted by Crippen LogP contribution is -2.61. The van der Waals surface area contributed by atoms with Crippen LogP contribution in [0.4, 0.5) is 24.5 Å². The summed E-state index contributed by atoms with van der Waals surface area (Å²) in [6.07, 6.45) is -2.84. The molecule has 0 radical (unpaired) electrons. The summed E-state index contributed by atoms with van der Waals surface area (Å²) in [6, 6.07) is 13.9. The minimum atomic E-state index is -4.48. The average molecular weight is 440 g/mol. The zero-order chi connectivity index (χ0) is 22.9. The SMILES string of the molecule is CCOc1cc2ccccc2c2c1OC1(C=N2)N(C)c2cccc(C(F)(F)F)c2C1(C)C. The molecule has 1 spiro atoms. The van der Waals surface area contributed by atoms with Crippen molar-refractivity contribution in [1.82, 2.24) is 0 Å². The molecule has 0 bridgehead atoms. The highest BCUT2D eigenvalue weighted by Gasteiger charge is 2.61. The normalized spacial score (nSPS) is 20.9. The van der Waals surface area contributed by atoms with Gasteiger partial charge in [0, 0.05) is 18.1 Å². The lowest BCUT2D eigenvalue weighted by atomic mass is 9.75. The molecule has 0 fully saturated rings. The topological polar surface area (TPSA) is 34.1 Å². The Morgan fingerprint density at radius 1 is 1.09 bits per heavy atom. The molecule has 1 atom stereocenters. The largest absolute Gasteiger partial charge is 0.490 e. The molecule has 1 unspecified atom stereocenters. The molecule has 0 aromatic heterocycles. The molecule has 3 aromatic rings. The summed E-state index contributed by atoms with van der Waals surface area (Å²) < 4.78 is 54.3. The van der Waals surface area contributed by atoms with Crippen molar-refractivity contribution in [1.29, 1.82) is 0 Å². The zero-order valence-electron chi connectivity index (χ0n) is 18.2. The van der Waals surface area contributed by atoms with Gasteiger partial charge in [-0.25, -0.2) is 0 Å². The van der Waals surface area contributed by atoms with Gasteiger partial charge in [0.25, 0.3) is 0 Å². The number of fused-ring (bicyclic) bond motifs is 4. The fourth-order valence-electron chi connectivity index (χ4n) is 5.04. The van der Waals surface area contributed by atoms with E-state index in [0.717, 1.165) is 16.8 Å². The molecule has 7 heteroatoms. The van der Waals surface area contributed by atoms with Crippen LogP contribution in [0.3, 0.4) is 0 Å². The summed E-state index contributed by atoms with van der Waals surface area (Å²) in [5, 5.41) is 1.84. The molecule has 2 heterocycles. The number of alkyl halides is 3. The van der Waals surface area contributed by atoms with Gasteiger partial charge >= 0.3 is 6.18 Å². The van der Waals surface area contributed by atoms with Crippen LogP contribution in [0.2, 0.25) is 0 Å². The Kier molecular flexibility index (Phi) is 4.29. The van der Waals surface area contributed by atoms with Gasteiger partial charge < -0.3 is 14.4 Å². The van der Waals surface area contributed by atoms with Crippen molar-refractivity contribution in [2.75, 3.05) is 18.6 Å². The lowest BCUT2D eigenvalue weighted by molar-refractivity contribution is -0.138. The van der Waals surface area contributed by atoms with Gasteiger partial charge in [-0.05, 0) is 49.9 Å². The highest BCUT2D eigenvalue weighted by molar-refractivity contribution is 6.01. The molecular formula is C25H23F3N2O2. The number of anilines is 1. The van der Waals surface area contributed by atoms with Crippen molar-refractivity contribution in [3.63, 3.8) is 0 Å². The Bertz CT molecular complexity index is 1270. The second-order valence-electron chi connectivity index (χ2n) is 8.64. The number of hydrogen-bond acceptors (Lipinski definition) is 4. The molecule has 166 valence electrons. The maximum atomic E-state index is 13.9. The number of aliphatic imine (C=N–C) groups is 1. The third-order valence-corrected chi connectivity index (χ3v) is 6.60. The molecule has 0 N–H and O–H groups in total. The van der Waals surface area contributed by atoms with Crippen LogP contribution in [-0.4, -0.2) is 25.6 Å². The average Bonchev–Trinajstić information content (AvgIpc) is 2.92. The van der Waals surface area contributed by atoms with E-state index < -0.39 is 22.9 Å². The van der Waals surface area contributed by atoms with E-state index in [1.165, 1.54) is 6.07 Å². The first-order valence-corrected chi connectivity index (χ1v) is 10.5. The van der Waals surface area contributed by atoms with Gasteiger partial charge in [-0.1, -0.05) is 30.3 Å². The number of halogens is 3. The third kappa shape index (κ3) is 2.60. The number of likely N-dealkylation sites (N-methyl/N-ethyl adjacent to an activating group) is 1. The van der Waals surface area contributed by atoms with Crippen LogP contribution in [0.15, 0.2) is 53.5 Å². The standard InChI is InChI=1S/C25H23F3N2O2/c1-5-31-19-13-15-9-6-7-10-16(15)21-22(19)32-24(14-29-21)23(2,3)20-17(25(26,27)28)11-8-12-18(20)30(24)4/h6-14H,5H2,1-4H3. The van der Waals surface area contributed by atoms with Crippen LogP contribution in [0.5, 0.6) is 11.5 Å². The molecule has 4 nitrogen and oxygen atoms in total. The van der Waals surface area contributed by atoms with E-state index in [9.17, 15) is 13.2 Å². The number of hydrogen-bond donors (Lipinski definition) is 0. The van der Waals surface area contributed by atoms with Crippen LogP contribution in [0.1, 0.15) is 31.9 Å². The van der Waals surface area contributed by atoms with Gasteiger partial charge in [0.15, 0.2) is 11.5 Å². The highest BCUT2D eigenvalue weighted by atomic mass is 19.4. The quantitative estimate of drug-likeness (QED) is 0.458. The maximum absolute atomic E-state index is 13.9. The van der Waals surface area contributed by atoms with E-state index in [0.29, 0.717) is 29.5 Å². The second kappa shape index (κ2) is 6.64. The maximum Gasteiger partial charge on any atom is 0.416 e. The van der Waals surface area contributed by atoms with E-state index in [1.807, 2.05) is 37.3 Å². The fraction of sp³-hybridized carbons (Fsp3) is 0.320. The summed E-state index contributed by atoms with van der Waals surface area (Å²) in [5.41, 5.74) is -1.68. The number of nitrogens with zero attached hydrogens (tertiary/aromatic N) is 2. The molecule has 2 aliphatic rings. The number of ether oxygens (including phenoxy) is 2. The number of benzene rings is 3. The van der Waals surface area contributed by atoms with E-state index in [2.05, 4.69) is 0 Å². The van der Waals surface area contributed by atoms with E-state index in [-0.39, 0.29) is 5.56 Å². The van der Waals surface area contributed by atoms with Crippen LogP contribution < -0.4 is 14.4 Å². The van der Waals surface area contributed by atoms with Gasteiger partial charge in [0.2, 0.25) is 5.72 Å². The predicted octanol–water partition coefficient (Wildman–Crippen LogP) is 6.48. The van der Waals surface area contributed by atoms with Crippen LogP contribution >= 0.6 is 0 Å². The predicted molar refractivity (Wildman–Crippen MR) is 120 cm³/mol. The Balaban J connectivity index is 1.75. The molecule has 0 saturated carbocycles. The smallest absolute Gasteiger partial charge is 0.416 e. The van der Waals surface area contributed by atoms with Gasteiger partial charge in [-0.2, -0.15) is 13.2 Å². The first kappa shape index (κ1) is 20.7. The summed E-state index contributed by atoms with van der Waals surface area (Å²) >= 11 is 0. The van der Waals surface area contributed by atoms with Gasteiger partial charge in [-0.15, -0.1) is 0 Å². The van der Waals surface area contributed by atoms with Crippen molar-refractivity contribution in [2.24, 2.45) is 4.99 Å². The Labute approximate surface area is 184 Å². The second-order valence-corrected chi connectivity index (χ2v) is 8.64. The van der Waals surface area contributed by atoms with Crippen LogP contribution in [0.25, 0.3) is 10.8 Å². The van der Waals surface area contributed by atoms with Crippen molar-refractivity contribution in [3.8, 4) is 11.5 Å². The molecule has 2 aliphatic heterocycles. The minimum Gasteiger partial charge on any atom is -0.490 e. The lowest BCUT2D eigenvalue weighted by Gasteiger charge is -2.45. The highest BCUT2D eigenvalue weighted by Crippen LogP contribution is 2.58. The summed E-state index contributed by atoms with van der Waals surface area (Å²) in [5.74, 6) is 0.961. The summed E-state index contributed by atoms with van der Waals surface area (Å²) in [6.45, 7) is 5.83. The molecule has 32 heavy (non-hydrogen) atoms. The summed E-state index contributed by atoms with van der Waals surface area (Å²) in [4.78, 5) is 6.51. The van der Waals surface area contributed by atoms with E-state index in [4.69, 9.17) is 14.5 Å². The first-order valence-electron chi connectivity index (χ1n) is 10.5. The van der Waals surface area contributed by atoms with Crippen molar-refractivity contribution in [3.05, 3.63) is 59.7 Å². The van der Waals surface area contributed by atoms with Crippen molar-refractivity contribution in [2.45, 2.75) is 38.1 Å². The van der Waals surface area contributed by atoms with E-state index >= 15 is 0 Å². The van der Waals surface area contributed by atoms with Crippen LogP contribution in [0, 0.1) is 0 Å². The monoisotopic (exact) mass is 440 g/mol. The molecule has 0 amide bonds. The Morgan fingerprint density at radius 2 is 1.84 bits per heavy atom. The zero-order valence-corrected chi connectivity index (χ0v) is 18.2. The molecule has 5 rings (SSSR count). The van der Waals surface area contributed by atoms with Crippen LogP contribution in [-0.2, 0) is 11.6 Å². The molecule has 0 aliphatic carbocycles. The van der Waals surface area contributed by atoms with Gasteiger partial charge in [0.05, 0.1) is 23.8 Å². The molecule has 0 saturated heterocycles. The number of rotatable bonds is 2. The van der Waals surface area contributed by atoms with Gasteiger partial charge in [0.1, 0.15) is 5.69 Å². The third-order valence-electron chi connectivity index (χ3n) is 6.60. The molecular weight excluding hydrogens is 417 g/mol. The van der Waals surface area contributed by atoms with E-state index in [1.54, 1.807) is 38.1 Å². The van der Waals surface area contributed by atoms with Crippen molar-refractivity contribution >= 4 is 28.4 Å². The van der Waals surface area contributed by atoms with Gasteiger partial charge in [-0.3, -0.25) is 4.99 Å². The summed E-state index contributed by atoms with van der Waals surface area (Å²) in [7, 11) is 1.74. The minimum absolute atomic E-state index is 0.198.